The van der Waals surface area contributed by atoms with E-state index in [1.165, 1.54) is 0 Å². The van der Waals surface area contributed by atoms with Crippen LogP contribution in [0.5, 0.6) is 11.5 Å². The van der Waals surface area contributed by atoms with Crippen molar-refractivity contribution in [3.8, 4) is 11.5 Å². The highest BCUT2D eigenvalue weighted by Gasteiger charge is 2.04. The van der Waals surface area contributed by atoms with Crippen LogP contribution < -0.4 is 14.8 Å². The Hall–Kier alpha value is -1.75. The van der Waals surface area contributed by atoms with Crippen LogP contribution in [0.1, 0.15) is 0 Å². The summed E-state index contributed by atoms with van der Waals surface area (Å²) < 4.78 is 11.0. The van der Waals surface area contributed by atoms with E-state index in [-0.39, 0.29) is 6.61 Å². The van der Waals surface area contributed by atoms with Gasteiger partial charge in [-0.15, -0.1) is 0 Å². The van der Waals surface area contributed by atoms with Gasteiger partial charge < -0.3 is 19.9 Å². The van der Waals surface area contributed by atoms with Crippen molar-refractivity contribution < 1.29 is 14.6 Å². The predicted molar refractivity (Wildman–Crippen MR) is 87.8 cm³/mol. The average Bonchev–Trinajstić information content (AvgIpc) is 2.54. The van der Waals surface area contributed by atoms with E-state index in [1.807, 2.05) is 42.5 Å². The lowest BCUT2D eigenvalue weighted by atomic mass is 10.3. The molecule has 0 bridgehead atoms. The summed E-state index contributed by atoms with van der Waals surface area (Å²) in [6.45, 7) is 1.85. The monoisotopic (exact) mass is 321 g/mol. The van der Waals surface area contributed by atoms with Crippen molar-refractivity contribution in [3.05, 3.63) is 59.6 Å². The Kier molecular flexibility index (Phi) is 7.03. The van der Waals surface area contributed by atoms with E-state index in [2.05, 4.69) is 5.32 Å². The molecule has 0 aliphatic rings. The Morgan fingerprint density at radius 1 is 1.00 bits per heavy atom. The van der Waals surface area contributed by atoms with Crippen molar-refractivity contribution in [2.75, 3.05) is 26.3 Å². The third-order valence-electron chi connectivity index (χ3n) is 2.91. The summed E-state index contributed by atoms with van der Waals surface area (Å²) in [6, 6.07) is 16.7. The lowest BCUT2D eigenvalue weighted by Gasteiger charge is -2.13. The van der Waals surface area contributed by atoms with Gasteiger partial charge in [-0.25, -0.2) is 0 Å². The second kappa shape index (κ2) is 9.30. The molecule has 0 saturated heterocycles. The van der Waals surface area contributed by atoms with Crippen molar-refractivity contribution in [2.45, 2.75) is 6.10 Å². The summed E-state index contributed by atoms with van der Waals surface area (Å²) >= 11 is 5.87. The van der Waals surface area contributed by atoms with Crippen molar-refractivity contribution in [1.82, 2.24) is 5.32 Å². The fraction of sp³-hybridized carbons (Fsp3) is 0.294. The van der Waals surface area contributed by atoms with Gasteiger partial charge in [0, 0.05) is 18.1 Å². The van der Waals surface area contributed by atoms with Gasteiger partial charge in [0.2, 0.25) is 0 Å². The zero-order valence-corrected chi connectivity index (χ0v) is 13.0. The van der Waals surface area contributed by atoms with Crippen LogP contribution in [0.4, 0.5) is 0 Å². The molecule has 0 heterocycles. The molecule has 5 heteroatoms. The summed E-state index contributed by atoms with van der Waals surface area (Å²) in [4.78, 5) is 0. The lowest BCUT2D eigenvalue weighted by Crippen LogP contribution is -2.33. The molecule has 0 radical (unpaired) electrons. The molecule has 0 spiro atoms. The van der Waals surface area contributed by atoms with Crippen molar-refractivity contribution in [3.63, 3.8) is 0 Å². The van der Waals surface area contributed by atoms with Gasteiger partial charge in [0.1, 0.15) is 30.8 Å². The maximum absolute atomic E-state index is 9.82. The van der Waals surface area contributed by atoms with E-state index in [4.69, 9.17) is 21.1 Å². The molecule has 22 heavy (non-hydrogen) atoms. The molecular formula is C17H20ClNO3. The molecular weight excluding hydrogens is 302 g/mol. The summed E-state index contributed by atoms with van der Waals surface area (Å²) in [5.41, 5.74) is 0. The van der Waals surface area contributed by atoms with Crippen molar-refractivity contribution in [2.24, 2.45) is 0 Å². The number of nitrogens with one attached hydrogen (secondary N) is 1. The Morgan fingerprint density at radius 2 is 1.77 bits per heavy atom. The second-order valence-corrected chi connectivity index (χ2v) is 5.22. The van der Waals surface area contributed by atoms with Gasteiger partial charge in [-0.05, 0) is 30.3 Å². The number of ether oxygens (including phenoxy) is 2. The van der Waals surface area contributed by atoms with E-state index in [1.54, 1.807) is 12.1 Å². The number of aliphatic hydroxyl groups excluding tert-OH is 1. The maximum Gasteiger partial charge on any atom is 0.120 e. The number of hydrogen-bond acceptors (Lipinski definition) is 4. The molecule has 2 aromatic carbocycles. The number of halogens is 1. The van der Waals surface area contributed by atoms with Crippen LogP contribution in [-0.2, 0) is 0 Å². The van der Waals surface area contributed by atoms with Crippen LogP contribution in [0.25, 0.3) is 0 Å². The highest BCUT2D eigenvalue weighted by atomic mass is 35.5. The van der Waals surface area contributed by atoms with Crippen LogP contribution >= 0.6 is 11.6 Å². The molecule has 0 amide bonds. The van der Waals surface area contributed by atoms with Gasteiger partial charge in [-0.1, -0.05) is 35.9 Å². The van der Waals surface area contributed by atoms with E-state index in [0.717, 1.165) is 11.5 Å². The zero-order valence-electron chi connectivity index (χ0n) is 12.2. The molecule has 0 fully saturated rings. The Bertz CT molecular complexity index is 551. The first-order chi connectivity index (χ1) is 10.7. The van der Waals surface area contributed by atoms with Crippen LogP contribution in [0.15, 0.2) is 54.6 Å². The standard InChI is InChI=1S/C17H20ClNO3/c18-14-5-4-8-17(11-14)21-10-9-19-12-15(20)13-22-16-6-2-1-3-7-16/h1-8,11,15,19-20H,9-10,12-13H2/t15-/m1/s1. The molecule has 1 atom stereocenters. The molecule has 118 valence electrons. The SMILES string of the molecule is O[C@H](CNCCOc1cccc(Cl)c1)COc1ccccc1. The number of rotatable bonds is 9. The van der Waals surface area contributed by atoms with Gasteiger partial charge in [-0.2, -0.15) is 0 Å². The molecule has 0 aliphatic heterocycles. The highest BCUT2D eigenvalue weighted by molar-refractivity contribution is 6.30. The first kappa shape index (κ1) is 16.6. The minimum Gasteiger partial charge on any atom is -0.492 e. The Morgan fingerprint density at radius 3 is 2.55 bits per heavy atom. The molecule has 2 N–H and O–H groups in total. The van der Waals surface area contributed by atoms with Gasteiger partial charge >= 0.3 is 0 Å². The molecule has 0 saturated carbocycles. The number of aliphatic hydroxyl groups is 1. The van der Waals surface area contributed by atoms with Gasteiger partial charge in [0.15, 0.2) is 0 Å². The largest absolute Gasteiger partial charge is 0.492 e. The first-order valence-electron chi connectivity index (χ1n) is 7.19. The minimum atomic E-state index is -0.564. The van der Waals surface area contributed by atoms with Crippen LogP contribution in [0.3, 0.4) is 0 Å². The number of para-hydroxylation sites is 1. The third kappa shape index (κ3) is 6.35. The molecule has 2 rings (SSSR count). The molecule has 4 nitrogen and oxygen atoms in total. The normalized spacial score (nSPS) is 11.9. The second-order valence-electron chi connectivity index (χ2n) is 4.79. The smallest absolute Gasteiger partial charge is 0.120 e. The van der Waals surface area contributed by atoms with Crippen LogP contribution in [-0.4, -0.2) is 37.5 Å². The molecule has 0 aliphatic carbocycles. The third-order valence-corrected chi connectivity index (χ3v) is 3.14. The first-order valence-corrected chi connectivity index (χ1v) is 7.57. The minimum absolute atomic E-state index is 0.256. The Labute approximate surface area is 135 Å². The summed E-state index contributed by atoms with van der Waals surface area (Å²) in [5, 5.41) is 13.6. The fourth-order valence-corrected chi connectivity index (χ4v) is 2.01. The molecule has 2 aromatic rings. The van der Waals surface area contributed by atoms with Gasteiger partial charge in [-0.3, -0.25) is 0 Å². The zero-order chi connectivity index (χ0) is 15.6. The van der Waals surface area contributed by atoms with Crippen molar-refractivity contribution >= 4 is 11.6 Å². The van der Waals surface area contributed by atoms with Gasteiger partial charge in [0.05, 0.1) is 0 Å². The maximum atomic E-state index is 9.82. The van der Waals surface area contributed by atoms with Crippen LogP contribution in [0, 0.1) is 0 Å². The topological polar surface area (TPSA) is 50.7 Å². The average molecular weight is 322 g/mol. The van der Waals surface area contributed by atoms with Crippen molar-refractivity contribution in [1.29, 1.82) is 0 Å². The number of hydrogen-bond donors (Lipinski definition) is 2. The molecule has 0 aromatic heterocycles. The summed E-state index contributed by atoms with van der Waals surface area (Å²) in [7, 11) is 0. The Balaban J connectivity index is 1.54. The number of benzene rings is 2. The quantitative estimate of drug-likeness (QED) is 0.697. The van der Waals surface area contributed by atoms with E-state index >= 15 is 0 Å². The summed E-state index contributed by atoms with van der Waals surface area (Å²) in [6.07, 6.45) is -0.564. The van der Waals surface area contributed by atoms with Crippen LogP contribution in [0.2, 0.25) is 5.02 Å². The van der Waals surface area contributed by atoms with Gasteiger partial charge in [0.25, 0.3) is 0 Å². The van der Waals surface area contributed by atoms with E-state index in [0.29, 0.717) is 24.7 Å². The predicted octanol–water partition coefficient (Wildman–Crippen LogP) is 2.75. The summed E-state index contributed by atoms with van der Waals surface area (Å²) in [5.74, 6) is 1.49. The van der Waals surface area contributed by atoms with E-state index < -0.39 is 6.10 Å². The molecule has 0 unspecified atom stereocenters. The van der Waals surface area contributed by atoms with E-state index in [9.17, 15) is 5.11 Å². The lowest BCUT2D eigenvalue weighted by molar-refractivity contribution is 0.105. The highest BCUT2D eigenvalue weighted by Crippen LogP contribution is 2.16. The fourth-order valence-electron chi connectivity index (χ4n) is 1.83.